The van der Waals surface area contributed by atoms with Crippen molar-refractivity contribution in [1.29, 1.82) is 0 Å². The Morgan fingerprint density at radius 2 is 1.86 bits per heavy atom. The minimum Gasteiger partial charge on any atom is -0.450 e. The maximum Gasteiger partial charge on any atom is 0.409 e. The molecule has 0 unspecified atom stereocenters. The topological polar surface area (TPSA) is 91.8 Å². The van der Waals surface area contributed by atoms with Crippen LogP contribution in [0.2, 0.25) is 0 Å². The Morgan fingerprint density at radius 1 is 1.14 bits per heavy atom. The van der Waals surface area contributed by atoms with E-state index in [1.807, 2.05) is 6.07 Å². The summed E-state index contributed by atoms with van der Waals surface area (Å²) in [7, 11) is 0. The van der Waals surface area contributed by atoms with Gasteiger partial charge in [0.15, 0.2) is 0 Å². The number of halogens is 1. The molecule has 1 aromatic carbocycles. The first-order chi connectivity index (χ1) is 14.0. The van der Waals surface area contributed by atoms with Crippen molar-refractivity contribution < 1.29 is 19.1 Å². The molecule has 3 amide bonds. The fourth-order valence-electron chi connectivity index (χ4n) is 2.97. The van der Waals surface area contributed by atoms with Crippen LogP contribution in [0.5, 0.6) is 0 Å². The average Bonchev–Trinajstić information content (AvgIpc) is 2.75. The summed E-state index contributed by atoms with van der Waals surface area (Å²) in [4.78, 5) is 44.7. The van der Waals surface area contributed by atoms with E-state index in [9.17, 15) is 14.4 Å². The van der Waals surface area contributed by atoms with Crippen LogP contribution in [-0.4, -0.2) is 65.5 Å². The molecule has 0 aliphatic carbocycles. The Bertz CT molecular complexity index is 899. The smallest absolute Gasteiger partial charge is 0.409 e. The molecule has 0 saturated carbocycles. The number of piperazine rings is 1. The third-order valence-corrected chi connectivity index (χ3v) is 5.15. The van der Waals surface area contributed by atoms with Crippen molar-refractivity contribution in [3.05, 3.63) is 57.4 Å². The van der Waals surface area contributed by atoms with Gasteiger partial charge in [-0.25, -0.2) is 4.79 Å². The number of carbonyl (C=O) groups is 3. The van der Waals surface area contributed by atoms with E-state index in [1.54, 1.807) is 47.2 Å². The molecule has 1 aliphatic heterocycles. The summed E-state index contributed by atoms with van der Waals surface area (Å²) in [5.74, 6) is -0.519. The number of nitrogens with one attached hydrogen (secondary N) is 1. The molecule has 29 heavy (non-hydrogen) atoms. The van der Waals surface area contributed by atoms with Crippen molar-refractivity contribution >= 4 is 46.2 Å². The molecule has 0 radical (unpaired) electrons. The molecule has 0 spiro atoms. The highest BCUT2D eigenvalue weighted by Gasteiger charge is 2.27. The fourth-order valence-corrected chi connectivity index (χ4v) is 3.46. The van der Waals surface area contributed by atoms with Gasteiger partial charge in [-0.3, -0.25) is 14.6 Å². The minimum absolute atomic E-state index is 0.187. The number of carbonyl (C=O) groups excluding carboxylic acids is 3. The summed E-state index contributed by atoms with van der Waals surface area (Å²) >= 11 is 2.13. The molecule has 152 valence electrons. The van der Waals surface area contributed by atoms with Gasteiger partial charge in [0.2, 0.25) is 0 Å². The molecule has 2 aromatic rings. The quantitative estimate of drug-likeness (QED) is 0.642. The standard InChI is InChI=1S/C20H21IN4O4/c1-2-29-20(28)25-10-8-24(9-11-25)19(27)16-12-15(21)5-6-17(16)23-18(26)14-4-3-7-22-13-14/h3-7,12-13H,2,8-11H2,1H3,(H,23,26). The maximum atomic E-state index is 13.1. The second-order valence-electron chi connectivity index (χ2n) is 6.36. The number of hydrogen-bond acceptors (Lipinski definition) is 5. The molecule has 0 atom stereocenters. The molecule has 0 bridgehead atoms. The Labute approximate surface area is 182 Å². The van der Waals surface area contributed by atoms with Gasteiger partial charge in [-0.2, -0.15) is 0 Å². The van der Waals surface area contributed by atoms with Crippen LogP contribution in [0.3, 0.4) is 0 Å². The van der Waals surface area contributed by atoms with Gasteiger partial charge in [-0.15, -0.1) is 0 Å². The van der Waals surface area contributed by atoms with E-state index in [0.29, 0.717) is 49.6 Å². The second kappa shape index (κ2) is 9.68. The van der Waals surface area contributed by atoms with Crippen LogP contribution in [-0.2, 0) is 4.74 Å². The lowest BCUT2D eigenvalue weighted by atomic mass is 10.1. The van der Waals surface area contributed by atoms with Crippen molar-refractivity contribution in [2.24, 2.45) is 0 Å². The lowest BCUT2D eigenvalue weighted by Crippen LogP contribution is -2.50. The van der Waals surface area contributed by atoms with Crippen molar-refractivity contribution in [1.82, 2.24) is 14.8 Å². The minimum atomic E-state index is -0.363. The number of aromatic nitrogens is 1. The van der Waals surface area contributed by atoms with E-state index in [0.717, 1.165) is 3.57 Å². The highest BCUT2D eigenvalue weighted by Crippen LogP contribution is 2.22. The van der Waals surface area contributed by atoms with Crippen LogP contribution in [0.15, 0.2) is 42.7 Å². The summed E-state index contributed by atoms with van der Waals surface area (Å²) in [6.07, 6.45) is 2.70. The first kappa shape index (κ1) is 21.0. The molecule has 1 N–H and O–H groups in total. The number of amides is 3. The number of rotatable bonds is 4. The SMILES string of the molecule is CCOC(=O)N1CCN(C(=O)c2cc(I)ccc2NC(=O)c2cccnc2)CC1. The zero-order valence-corrected chi connectivity index (χ0v) is 18.1. The maximum absolute atomic E-state index is 13.1. The second-order valence-corrected chi connectivity index (χ2v) is 7.61. The van der Waals surface area contributed by atoms with Crippen LogP contribution < -0.4 is 5.32 Å². The molecular formula is C20H21IN4O4. The molecule has 1 saturated heterocycles. The van der Waals surface area contributed by atoms with Gasteiger partial charge in [0.1, 0.15) is 0 Å². The average molecular weight is 508 g/mol. The summed E-state index contributed by atoms with van der Waals surface area (Å²) in [6.45, 7) is 3.70. The molecule has 9 heteroatoms. The van der Waals surface area contributed by atoms with Gasteiger partial charge in [0, 0.05) is 42.1 Å². The number of ether oxygens (including phenoxy) is 1. The van der Waals surface area contributed by atoms with Crippen molar-refractivity contribution in [2.45, 2.75) is 6.92 Å². The summed E-state index contributed by atoms with van der Waals surface area (Å²) in [6, 6.07) is 8.63. The first-order valence-corrected chi connectivity index (χ1v) is 10.3. The fraction of sp³-hybridized carbons (Fsp3) is 0.300. The molecule has 8 nitrogen and oxygen atoms in total. The largest absolute Gasteiger partial charge is 0.450 e. The van der Waals surface area contributed by atoms with Crippen molar-refractivity contribution in [3.8, 4) is 0 Å². The Kier molecular flexibility index (Phi) is 7.02. The lowest BCUT2D eigenvalue weighted by Gasteiger charge is -2.34. The predicted molar refractivity (Wildman–Crippen MR) is 116 cm³/mol. The molecule has 1 fully saturated rings. The van der Waals surface area contributed by atoms with E-state index < -0.39 is 0 Å². The lowest BCUT2D eigenvalue weighted by molar-refractivity contribution is 0.0571. The van der Waals surface area contributed by atoms with Gasteiger partial charge in [-0.1, -0.05) is 0 Å². The molecule has 1 aromatic heterocycles. The number of anilines is 1. The number of hydrogen-bond donors (Lipinski definition) is 1. The first-order valence-electron chi connectivity index (χ1n) is 9.21. The van der Waals surface area contributed by atoms with E-state index in [4.69, 9.17) is 4.74 Å². The molecular weight excluding hydrogens is 487 g/mol. The number of pyridine rings is 1. The van der Waals surface area contributed by atoms with Crippen LogP contribution in [0.25, 0.3) is 0 Å². The highest BCUT2D eigenvalue weighted by atomic mass is 127. The Hall–Kier alpha value is -2.69. The van der Waals surface area contributed by atoms with Crippen LogP contribution >= 0.6 is 22.6 Å². The van der Waals surface area contributed by atoms with Crippen LogP contribution in [0.1, 0.15) is 27.6 Å². The number of nitrogens with zero attached hydrogens (tertiary/aromatic N) is 3. The van der Waals surface area contributed by atoms with Gasteiger partial charge >= 0.3 is 6.09 Å². The Morgan fingerprint density at radius 3 is 2.52 bits per heavy atom. The third-order valence-electron chi connectivity index (χ3n) is 4.48. The predicted octanol–water partition coefficient (Wildman–Crippen LogP) is 2.85. The zero-order valence-electron chi connectivity index (χ0n) is 15.9. The summed E-state index contributed by atoms with van der Waals surface area (Å²) in [5, 5.41) is 2.80. The van der Waals surface area contributed by atoms with Gasteiger partial charge < -0.3 is 19.9 Å². The molecule has 1 aliphatic rings. The van der Waals surface area contributed by atoms with Gasteiger partial charge in [0.25, 0.3) is 11.8 Å². The van der Waals surface area contributed by atoms with Crippen molar-refractivity contribution in [2.75, 3.05) is 38.1 Å². The zero-order chi connectivity index (χ0) is 20.8. The molecule has 3 rings (SSSR count). The number of benzene rings is 1. The van der Waals surface area contributed by atoms with E-state index in [2.05, 4.69) is 32.9 Å². The molecule has 2 heterocycles. The van der Waals surface area contributed by atoms with E-state index >= 15 is 0 Å². The van der Waals surface area contributed by atoms with Gasteiger partial charge in [-0.05, 0) is 59.8 Å². The summed E-state index contributed by atoms with van der Waals surface area (Å²) in [5.41, 5.74) is 1.27. The third kappa shape index (κ3) is 5.22. The van der Waals surface area contributed by atoms with E-state index in [1.165, 1.54) is 6.20 Å². The van der Waals surface area contributed by atoms with Crippen LogP contribution in [0.4, 0.5) is 10.5 Å². The monoisotopic (exact) mass is 508 g/mol. The normalized spacial score (nSPS) is 13.7. The van der Waals surface area contributed by atoms with E-state index in [-0.39, 0.29) is 17.9 Å². The summed E-state index contributed by atoms with van der Waals surface area (Å²) < 4.78 is 5.90. The van der Waals surface area contributed by atoms with Crippen molar-refractivity contribution in [3.63, 3.8) is 0 Å². The van der Waals surface area contributed by atoms with Crippen LogP contribution in [0, 0.1) is 3.57 Å². The van der Waals surface area contributed by atoms with Gasteiger partial charge in [0.05, 0.1) is 23.4 Å². The highest BCUT2D eigenvalue weighted by molar-refractivity contribution is 14.1. The Balaban J connectivity index is 1.73.